The van der Waals surface area contributed by atoms with Crippen LogP contribution < -0.4 is 5.32 Å². The van der Waals surface area contributed by atoms with Crippen molar-refractivity contribution in [1.29, 1.82) is 0 Å². The molecule has 86 valence electrons. The molecule has 4 nitrogen and oxygen atoms in total. The van der Waals surface area contributed by atoms with Crippen molar-refractivity contribution >= 4 is 38.1 Å². The van der Waals surface area contributed by atoms with Crippen molar-refractivity contribution in [3.63, 3.8) is 0 Å². The van der Waals surface area contributed by atoms with Gasteiger partial charge in [-0.2, -0.15) is 0 Å². The molecule has 1 aromatic carbocycles. The molecule has 0 radical (unpaired) electrons. The van der Waals surface area contributed by atoms with E-state index >= 15 is 0 Å². The maximum absolute atomic E-state index is 4.61. The Labute approximate surface area is 106 Å². The van der Waals surface area contributed by atoms with E-state index in [4.69, 9.17) is 0 Å². The predicted molar refractivity (Wildman–Crippen MR) is 71.6 cm³/mol. The lowest BCUT2D eigenvalue weighted by Crippen LogP contribution is -2.04. The van der Waals surface area contributed by atoms with Gasteiger partial charge in [0.25, 0.3) is 0 Å². The van der Waals surface area contributed by atoms with Crippen molar-refractivity contribution in [2.45, 2.75) is 13.0 Å². The lowest BCUT2D eigenvalue weighted by molar-refractivity contribution is 0.878. The van der Waals surface area contributed by atoms with Crippen LogP contribution in [-0.4, -0.2) is 14.6 Å². The minimum atomic E-state index is 0.176. The zero-order valence-electron chi connectivity index (χ0n) is 9.12. The minimum Gasteiger partial charge on any atom is -0.365 e. The smallest absolute Gasteiger partial charge is 0.130 e. The van der Waals surface area contributed by atoms with Crippen LogP contribution in [0.2, 0.25) is 0 Å². The third-order valence-corrected chi connectivity index (χ3v) is 4.22. The SMILES string of the molecule is CC(Nc1cnns1)c1nc2ccccc2s1. The molecule has 2 heterocycles. The zero-order chi connectivity index (χ0) is 11.7. The highest BCUT2D eigenvalue weighted by molar-refractivity contribution is 7.18. The molecule has 0 bridgehead atoms. The highest BCUT2D eigenvalue weighted by atomic mass is 32.1. The van der Waals surface area contributed by atoms with Crippen LogP contribution >= 0.6 is 22.9 Å². The van der Waals surface area contributed by atoms with E-state index in [2.05, 4.69) is 32.9 Å². The lowest BCUT2D eigenvalue weighted by atomic mass is 10.3. The van der Waals surface area contributed by atoms with E-state index in [0.29, 0.717) is 0 Å². The second-order valence-corrected chi connectivity index (χ2v) is 5.52. The molecule has 0 aliphatic carbocycles. The summed E-state index contributed by atoms with van der Waals surface area (Å²) in [4.78, 5) is 4.61. The highest BCUT2D eigenvalue weighted by Crippen LogP contribution is 2.28. The predicted octanol–water partition coefficient (Wildman–Crippen LogP) is 3.32. The number of fused-ring (bicyclic) bond motifs is 1. The fourth-order valence-corrected chi connectivity index (χ4v) is 3.06. The van der Waals surface area contributed by atoms with Gasteiger partial charge in [0.05, 0.1) is 22.5 Å². The third kappa shape index (κ3) is 2.13. The van der Waals surface area contributed by atoms with Gasteiger partial charge in [0, 0.05) is 11.5 Å². The number of anilines is 1. The standard InChI is InChI=1S/C11H10N4S2/c1-7(13-10-6-12-15-17-10)11-14-8-4-2-3-5-9(8)16-11/h2-7,13H,1H3. The molecule has 0 saturated carbocycles. The summed E-state index contributed by atoms with van der Waals surface area (Å²) in [6, 6.07) is 8.36. The van der Waals surface area contributed by atoms with Crippen LogP contribution in [0.1, 0.15) is 18.0 Å². The molecule has 3 aromatic rings. The Morgan fingerprint density at radius 2 is 2.18 bits per heavy atom. The summed E-state index contributed by atoms with van der Waals surface area (Å²) >= 11 is 3.07. The molecule has 0 fully saturated rings. The van der Waals surface area contributed by atoms with Crippen LogP contribution in [0.3, 0.4) is 0 Å². The molecule has 0 saturated heterocycles. The van der Waals surface area contributed by atoms with Gasteiger partial charge in [-0.15, -0.1) is 16.4 Å². The van der Waals surface area contributed by atoms with Crippen molar-refractivity contribution in [1.82, 2.24) is 14.6 Å². The number of nitrogens with zero attached hydrogens (tertiary/aromatic N) is 3. The molecule has 1 atom stereocenters. The summed E-state index contributed by atoms with van der Waals surface area (Å²) in [5, 5.41) is 9.19. The van der Waals surface area contributed by atoms with Crippen LogP contribution in [0.25, 0.3) is 10.2 Å². The average Bonchev–Trinajstić information content (AvgIpc) is 2.96. The van der Waals surface area contributed by atoms with E-state index < -0.39 is 0 Å². The van der Waals surface area contributed by atoms with Crippen molar-refractivity contribution in [3.8, 4) is 0 Å². The minimum absolute atomic E-state index is 0.176. The number of thiazole rings is 1. The Morgan fingerprint density at radius 3 is 2.94 bits per heavy atom. The molecule has 0 spiro atoms. The zero-order valence-corrected chi connectivity index (χ0v) is 10.8. The van der Waals surface area contributed by atoms with E-state index in [9.17, 15) is 0 Å². The van der Waals surface area contributed by atoms with Gasteiger partial charge in [0.15, 0.2) is 0 Å². The fourth-order valence-electron chi connectivity index (χ4n) is 1.58. The van der Waals surface area contributed by atoms with E-state index in [1.807, 2.05) is 18.2 Å². The molecular formula is C11H10N4S2. The normalized spacial score (nSPS) is 12.8. The molecule has 0 amide bonds. The van der Waals surface area contributed by atoms with E-state index in [-0.39, 0.29) is 6.04 Å². The lowest BCUT2D eigenvalue weighted by Gasteiger charge is -2.08. The molecule has 2 aromatic heterocycles. The van der Waals surface area contributed by atoms with E-state index in [1.165, 1.54) is 16.2 Å². The summed E-state index contributed by atoms with van der Waals surface area (Å²) in [5.41, 5.74) is 1.06. The van der Waals surface area contributed by atoms with Crippen LogP contribution in [-0.2, 0) is 0 Å². The van der Waals surface area contributed by atoms with Crippen molar-refractivity contribution < 1.29 is 0 Å². The second kappa shape index (κ2) is 4.38. The first-order valence-electron chi connectivity index (χ1n) is 5.22. The number of para-hydroxylation sites is 1. The number of aromatic nitrogens is 3. The van der Waals surface area contributed by atoms with Crippen LogP contribution in [0.5, 0.6) is 0 Å². The number of hydrogen-bond acceptors (Lipinski definition) is 6. The molecule has 6 heteroatoms. The van der Waals surface area contributed by atoms with E-state index in [1.54, 1.807) is 17.5 Å². The number of nitrogens with one attached hydrogen (secondary N) is 1. The van der Waals surface area contributed by atoms with Crippen LogP contribution in [0.4, 0.5) is 5.00 Å². The maximum Gasteiger partial charge on any atom is 0.130 e. The van der Waals surface area contributed by atoms with Gasteiger partial charge in [-0.1, -0.05) is 16.6 Å². The Hall–Kier alpha value is -1.53. The van der Waals surface area contributed by atoms with Gasteiger partial charge in [0.1, 0.15) is 10.0 Å². The van der Waals surface area contributed by atoms with E-state index in [0.717, 1.165) is 15.5 Å². The fraction of sp³-hybridized carbons (Fsp3) is 0.182. The topological polar surface area (TPSA) is 50.7 Å². The Bertz CT molecular complexity index is 584. The third-order valence-electron chi connectivity index (χ3n) is 2.40. The van der Waals surface area contributed by atoms with Gasteiger partial charge in [-0.05, 0) is 19.1 Å². The summed E-state index contributed by atoms with van der Waals surface area (Å²) < 4.78 is 5.04. The molecule has 17 heavy (non-hydrogen) atoms. The first-order valence-corrected chi connectivity index (χ1v) is 6.81. The first kappa shape index (κ1) is 10.6. The Kier molecular flexibility index (Phi) is 2.74. The molecule has 3 rings (SSSR count). The maximum atomic E-state index is 4.61. The number of rotatable bonds is 3. The van der Waals surface area contributed by atoms with Crippen molar-refractivity contribution in [2.75, 3.05) is 5.32 Å². The summed E-state index contributed by atoms with van der Waals surface area (Å²) in [6.07, 6.45) is 1.73. The van der Waals surface area contributed by atoms with Crippen molar-refractivity contribution in [3.05, 3.63) is 35.5 Å². The molecular weight excluding hydrogens is 252 g/mol. The summed E-state index contributed by atoms with van der Waals surface area (Å²) in [7, 11) is 0. The first-order chi connectivity index (χ1) is 8.33. The highest BCUT2D eigenvalue weighted by Gasteiger charge is 2.11. The molecule has 1 N–H and O–H groups in total. The quantitative estimate of drug-likeness (QED) is 0.786. The van der Waals surface area contributed by atoms with Crippen LogP contribution in [0.15, 0.2) is 30.5 Å². The Morgan fingerprint density at radius 1 is 1.29 bits per heavy atom. The van der Waals surface area contributed by atoms with Crippen LogP contribution in [0, 0.1) is 0 Å². The van der Waals surface area contributed by atoms with Gasteiger partial charge in [-0.3, -0.25) is 0 Å². The van der Waals surface area contributed by atoms with Gasteiger partial charge >= 0.3 is 0 Å². The number of hydrogen-bond donors (Lipinski definition) is 1. The monoisotopic (exact) mass is 262 g/mol. The summed E-state index contributed by atoms with van der Waals surface area (Å²) in [5.74, 6) is 0. The number of benzene rings is 1. The Balaban J connectivity index is 1.88. The molecule has 1 unspecified atom stereocenters. The van der Waals surface area contributed by atoms with Gasteiger partial charge in [-0.25, -0.2) is 4.98 Å². The molecule has 0 aliphatic rings. The average molecular weight is 262 g/mol. The van der Waals surface area contributed by atoms with Gasteiger partial charge < -0.3 is 5.32 Å². The molecule has 0 aliphatic heterocycles. The largest absolute Gasteiger partial charge is 0.365 e. The summed E-state index contributed by atoms with van der Waals surface area (Å²) in [6.45, 7) is 2.09. The second-order valence-electron chi connectivity index (χ2n) is 3.67. The van der Waals surface area contributed by atoms with Crippen molar-refractivity contribution in [2.24, 2.45) is 0 Å². The van der Waals surface area contributed by atoms with Gasteiger partial charge in [0.2, 0.25) is 0 Å².